The van der Waals surface area contributed by atoms with Crippen LogP contribution in [0, 0.1) is 5.41 Å². The van der Waals surface area contributed by atoms with Crippen LogP contribution in [0.15, 0.2) is 30.5 Å². The van der Waals surface area contributed by atoms with Crippen molar-refractivity contribution in [1.82, 2.24) is 9.97 Å². The third-order valence-corrected chi connectivity index (χ3v) is 6.53. The molecule has 0 amide bonds. The van der Waals surface area contributed by atoms with E-state index in [1.807, 2.05) is 24.3 Å². The van der Waals surface area contributed by atoms with Gasteiger partial charge < -0.3 is 15.4 Å². The van der Waals surface area contributed by atoms with Crippen LogP contribution in [0.1, 0.15) is 51.9 Å². The molecule has 2 fully saturated rings. The minimum absolute atomic E-state index is 0.251. The van der Waals surface area contributed by atoms with E-state index in [1.54, 1.807) is 6.20 Å². The zero-order chi connectivity index (χ0) is 20.1. The number of halogens is 1. The largest absolute Gasteiger partial charge is 0.381 e. The van der Waals surface area contributed by atoms with Crippen LogP contribution >= 0.6 is 11.6 Å². The Kier molecular flexibility index (Phi) is 6.56. The van der Waals surface area contributed by atoms with Crippen molar-refractivity contribution in [1.29, 1.82) is 0 Å². The highest BCUT2D eigenvalue weighted by molar-refractivity contribution is 6.33. The summed E-state index contributed by atoms with van der Waals surface area (Å²) in [6.07, 6.45) is 10.2. The predicted octanol–water partition coefficient (Wildman–Crippen LogP) is 5.77. The summed E-state index contributed by atoms with van der Waals surface area (Å²) < 4.78 is 5.50. The van der Waals surface area contributed by atoms with E-state index in [2.05, 4.69) is 22.5 Å². The lowest BCUT2D eigenvalue weighted by atomic mass is 9.82. The fourth-order valence-electron chi connectivity index (χ4n) is 4.20. The molecular weight excluding hydrogens is 384 g/mol. The van der Waals surface area contributed by atoms with Gasteiger partial charge in [-0.2, -0.15) is 0 Å². The summed E-state index contributed by atoms with van der Waals surface area (Å²) in [5.41, 5.74) is 2.04. The molecule has 4 rings (SSSR count). The van der Waals surface area contributed by atoms with Crippen LogP contribution in [0.4, 0.5) is 11.6 Å². The fraction of sp³-hybridized carbons (Fsp3) is 0.565. The molecule has 2 N–H and O–H groups in total. The number of ether oxygens (including phenoxy) is 1. The van der Waals surface area contributed by atoms with Gasteiger partial charge in [-0.05, 0) is 49.3 Å². The van der Waals surface area contributed by atoms with Crippen molar-refractivity contribution in [3.05, 3.63) is 35.5 Å². The Morgan fingerprint density at radius 2 is 1.93 bits per heavy atom. The predicted molar refractivity (Wildman–Crippen MR) is 120 cm³/mol. The van der Waals surface area contributed by atoms with Crippen LogP contribution < -0.4 is 10.6 Å². The van der Waals surface area contributed by atoms with E-state index in [0.29, 0.717) is 11.1 Å². The van der Waals surface area contributed by atoms with Gasteiger partial charge in [-0.25, -0.2) is 9.97 Å². The molecule has 2 aliphatic rings. The van der Waals surface area contributed by atoms with Crippen LogP contribution in [0.25, 0.3) is 11.3 Å². The molecule has 1 saturated carbocycles. The van der Waals surface area contributed by atoms with Gasteiger partial charge in [-0.1, -0.05) is 43.9 Å². The topological polar surface area (TPSA) is 59.1 Å². The third kappa shape index (κ3) is 5.40. The van der Waals surface area contributed by atoms with Crippen molar-refractivity contribution < 1.29 is 4.74 Å². The van der Waals surface area contributed by atoms with Gasteiger partial charge in [0.05, 0.1) is 10.7 Å². The molecule has 2 aromatic heterocycles. The zero-order valence-electron chi connectivity index (χ0n) is 17.2. The van der Waals surface area contributed by atoms with Crippen LogP contribution in [0.5, 0.6) is 0 Å². The molecule has 5 nitrogen and oxygen atoms in total. The van der Waals surface area contributed by atoms with Crippen LogP contribution in [-0.4, -0.2) is 35.8 Å². The van der Waals surface area contributed by atoms with E-state index in [-0.39, 0.29) is 5.41 Å². The first-order valence-electron chi connectivity index (χ1n) is 10.8. The average molecular weight is 415 g/mol. The second kappa shape index (κ2) is 9.31. The highest BCUT2D eigenvalue weighted by atomic mass is 35.5. The summed E-state index contributed by atoms with van der Waals surface area (Å²) in [6, 6.07) is 8.59. The van der Waals surface area contributed by atoms with Crippen molar-refractivity contribution in [2.24, 2.45) is 5.41 Å². The number of hydrogen-bond donors (Lipinski definition) is 2. The molecule has 1 aliphatic heterocycles. The van der Waals surface area contributed by atoms with E-state index < -0.39 is 0 Å². The number of nitrogens with one attached hydrogen (secondary N) is 2. The Morgan fingerprint density at radius 3 is 2.72 bits per heavy atom. The molecule has 0 aromatic carbocycles. The highest BCUT2D eigenvalue weighted by Gasteiger charge is 2.27. The number of nitrogens with zero attached hydrogens (tertiary/aromatic N) is 2. The van der Waals surface area contributed by atoms with E-state index in [1.165, 1.54) is 32.1 Å². The minimum Gasteiger partial charge on any atom is -0.381 e. The van der Waals surface area contributed by atoms with Crippen molar-refractivity contribution in [2.75, 3.05) is 30.4 Å². The standard InChI is InChI=1S/C23H31ClN4O/c1-23(10-12-29-13-11-23)16-26-21-9-5-8-20(28-21)18-14-22(25-15-19(18)24)27-17-6-3-2-4-7-17/h5,8-9,14-15,17H,2-4,6-7,10-13,16H2,1H3,(H,25,27)(H,26,28). The fourth-order valence-corrected chi connectivity index (χ4v) is 4.40. The lowest BCUT2D eigenvalue weighted by molar-refractivity contribution is 0.0300. The summed E-state index contributed by atoms with van der Waals surface area (Å²) in [4.78, 5) is 9.31. The summed E-state index contributed by atoms with van der Waals surface area (Å²) in [5.74, 6) is 1.76. The molecule has 0 atom stereocenters. The van der Waals surface area contributed by atoms with Gasteiger partial charge in [-0.15, -0.1) is 0 Å². The maximum absolute atomic E-state index is 6.48. The molecule has 156 valence electrons. The van der Waals surface area contributed by atoms with E-state index in [4.69, 9.17) is 21.3 Å². The molecule has 2 aromatic rings. The van der Waals surface area contributed by atoms with Gasteiger partial charge in [0.1, 0.15) is 11.6 Å². The van der Waals surface area contributed by atoms with Gasteiger partial charge in [0.25, 0.3) is 0 Å². The number of aromatic nitrogens is 2. The monoisotopic (exact) mass is 414 g/mol. The molecule has 0 spiro atoms. The number of anilines is 2. The van der Waals surface area contributed by atoms with Crippen LogP contribution in [0.2, 0.25) is 5.02 Å². The van der Waals surface area contributed by atoms with Crippen LogP contribution in [0.3, 0.4) is 0 Å². The van der Waals surface area contributed by atoms with Gasteiger partial charge in [0, 0.05) is 37.6 Å². The Morgan fingerprint density at radius 1 is 1.14 bits per heavy atom. The first kappa shape index (κ1) is 20.4. The number of rotatable bonds is 6. The lowest BCUT2D eigenvalue weighted by Crippen LogP contribution is -2.33. The SMILES string of the molecule is CC1(CNc2cccc(-c3cc(NC4CCCCC4)ncc3Cl)n2)CCOCC1. The number of hydrogen-bond acceptors (Lipinski definition) is 5. The molecule has 0 radical (unpaired) electrons. The molecule has 3 heterocycles. The Bertz CT molecular complexity index is 816. The summed E-state index contributed by atoms with van der Waals surface area (Å²) >= 11 is 6.48. The number of pyridine rings is 2. The van der Waals surface area contributed by atoms with Crippen molar-refractivity contribution >= 4 is 23.2 Å². The molecular formula is C23H31ClN4O. The Labute approximate surface area is 178 Å². The molecule has 1 saturated heterocycles. The molecule has 1 aliphatic carbocycles. The van der Waals surface area contributed by atoms with Gasteiger partial charge >= 0.3 is 0 Å². The van der Waals surface area contributed by atoms with Crippen molar-refractivity contribution in [3.63, 3.8) is 0 Å². The zero-order valence-corrected chi connectivity index (χ0v) is 18.0. The first-order chi connectivity index (χ1) is 14.1. The second-order valence-corrected chi connectivity index (χ2v) is 9.12. The average Bonchev–Trinajstić information content (AvgIpc) is 2.75. The molecule has 6 heteroatoms. The summed E-state index contributed by atoms with van der Waals surface area (Å²) in [6.45, 7) is 4.89. The van der Waals surface area contributed by atoms with Crippen molar-refractivity contribution in [3.8, 4) is 11.3 Å². The maximum Gasteiger partial charge on any atom is 0.126 e. The van der Waals surface area contributed by atoms with Gasteiger partial charge in [0.2, 0.25) is 0 Å². The van der Waals surface area contributed by atoms with Crippen LogP contribution in [-0.2, 0) is 4.74 Å². The van der Waals surface area contributed by atoms with E-state index in [9.17, 15) is 0 Å². The third-order valence-electron chi connectivity index (χ3n) is 6.23. The highest BCUT2D eigenvalue weighted by Crippen LogP contribution is 2.32. The summed E-state index contributed by atoms with van der Waals surface area (Å²) in [5, 5.41) is 7.73. The lowest BCUT2D eigenvalue weighted by Gasteiger charge is -2.33. The van der Waals surface area contributed by atoms with Crippen molar-refractivity contribution in [2.45, 2.75) is 57.9 Å². The maximum atomic E-state index is 6.48. The van der Waals surface area contributed by atoms with Gasteiger partial charge in [-0.3, -0.25) is 0 Å². The van der Waals surface area contributed by atoms with Gasteiger partial charge in [0.15, 0.2) is 0 Å². The van der Waals surface area contributed by atoms with E-state index >= 15 is 0 Å². The molecule has 0 unspecified atom stereocenters. The smallest absolute Gasteiger partial charge is 0.126 e. The first-order valence-corrected chi connectivity index (χ1v) is 11.2. The normalized spacial score (nSPS) is 19.7. The summed E-state index contributed by atoms with van der Waals surface area (Å²) in [7, 11) is 0. The van der Waals surface area contributed by atoms with E-state index in [0.717, 1.165) is 55.5 Å². The minimum atomic E-state index is 0.251. The molecule has 0 bridgehead atoms. The molecule has 29 heavy (non-hydrogen) atoms. The second-order valence-electron chi connectivity index (χ2n) is 8.71. The Hall–Kier alpha value is -1.85. The quantitative estimate of drug-likeness (QED) is 0.628. The Balaban J connectivity index is 1.47.